The van der Waals surface area contributed by atoms with Gasteiger partial charge >= 0.3 is 0 Å². The Hall–Kier alpha value is -2.93. The predicted molar refractivity (Wildman–Crippen MR) is 123 cm³/mol. The van der Waals surface area contributed by atoms with E-state index in [1.165, 1.54) is 6.07 Å². The monoisotopic (exact) mass is 440 g/mol. The van der Waals surface area contributed by atoms with Crippen molar-refractivity contribution in [3.05, 3.63) is 75.3 Å². The van der Waals surface area contributed by atoms with E-state index in [0.29, 0.717) is 31.6 Å². The van der Waals surface area contributed by atoms with Gasteiger partial charge in [0.1, 0.15) is 5.70 Å². The topological polar surface area (TPSA) is 83.6 Å². The molecule has 0 saturated carbocycles. The number of nitrogens with zero attached hydrogens (tertiary/aromatic N) is 1. The third kappa shape index (κ3) is 4.42. The van der Waals surface area contributed by atoms with Crippen LogP contribution in [0.3, 0.4) is 0 Å². The molecule has 0 unspecified atom stereocenters. The number of nitrogens with one attached hydrogen (secondary N) is 1. The van der Waals surface area contributed by atoms with Crippen molar-refractivity contribution in [1.82, 2.24) is 4.90 Å². The third-order valence-corrected chi connectivity index (χ3v) is 6.67. The van der Waals surface area contributed by atoms with Crippen LogP contribution < -0.4 is 4.72 Å². The van der Waals surface area contributed by atoms with Gasteiger partial charge in [-0.3, -0.25) is 14.3 Å². The Labute approximate surface area is 184 Å². The number of ketones is 2. The second-order valence-electron chi connectivity index (χ2n) is 7.79. The Morgan fingerprint density at radius 1 is 0.871 bits per heavy atom. The smallest absolute Gasteiger partial charge is 0.268 e. The lowest BCUT2D eigenvalue weighted by molar-refractivity contribution is 0.0946. The Morgan fingerprint density at radius 3 is 2.03 bits per heavy atom. The number of carbonyl (C=O) groups is 2. The summed E-state index contributed by atoms with van der Waals surface area (Å²) in [4.78, 5) is 28.1. The molecule has 1 N–H and O–H groups in total. The van der Waals surface area contributed by atoms with Crippen molar-refractivity contribution < 1.29 is 18.0 Å². The predicted octanol–water partition coefficient (Wildman–Crippen LogP) is 4.46. The molecule has 0 aliphatic heterocycles. The number of hydrogen-bond donors (Lipinski definition) is 1. The highest BCUT2D eigenvalue weighted by atomic mass is 32.2. The standard InChI is InChI=1S/C24H28N2O4S/c1-5-13-26(14-6-2)21-22(27)18-9-7-8-10-19(18)23(28)24(21)31(29,30)25-20-15-16(3)11-12-17(20)4/h7-12,15,25H,5-6,13-14H2,1-4H3. The zero-order chi connectivity index (χ0) is 22.8. The van der Waals surface area contributed by atoms with Gasteiger partial charge < -0.3 is 4.90 Å². The van der Waals surface area contributed by atoms with E-state index in [4.69, 9.17) is 0 Å². The lowest BCUT2D eigenvalue weighted by atomic mass is 9.91. The van der Waals surface area contributed by atoms with Crippen LogP contribution in [0.4, 0.5) is 5.69 Å². The zero-order valence-electron chi connectivity index (χ0n) is 18.4. The summed E-state index contributed by atoms with van der Waals surface area (Å²) in [5.74, 6) is -1.08. The summed E-state index contributed by atoms with van der Waals surface area (Å²) in [6, 6.07) is 11.8. The molecule has 7 heteroatoms. The van der Waals surface area contributed by atoms with Crippen LogP contribution in [0.2, 0.25) is 0 Å². The maximum atomic E-state index is 13.5. The first-order valence-corrected chi connectivity index (χ1v) is 12.0. The van der Waals surface area contributed by atoms with Gasteiger partial charge in [-0.1, -0.05) is 50.2 Å². The Bertz CT molecular complexity index is 1160. The third-order valence-electron chi connectivity index (χ3n) is 5.26. The molecule has 0 heterocycles. The second kappa shape index (κ2) is 9.06. The lowest BCUT2D eigenvalue weighted by Crippen LogP contribution is -2.38. The van der Waals surface area contributed by atoms with Crippen LogP contribution in [-0.2, 0) is 10.0 Å². The molecule has 0 atom stereocenters. The van der Waals surface area contributed by atoms with Gasteiger partial charge in [-0.15, -0.1) is 0 Å². The van der Waals surface area contributed by atoms with Crippen molar-refractivity contribution in [2.45, 2.75) is 40.5 Å². The summed E-state index contributed by atoms with van der Waals surface area (Å²) < 4.78 is 29.6. The highest BCUT2D eigenvalue weighted by molar-refractivity contribution is 7.97. The normalized spacial score (nSPS) is 13.9. The van der Waals surface area contributed by atoms with E-state index in [-0.39, 0.29) is 16.8 Å². The van der Waals surface area contributed by atoms with Gasteiger partial charge in [0.15, 0.2) is 4.91 Å². The number of rotatable bonds is 8. The number of anilines is 1. The first kappa shape index (κ1) is 22.7. The number of benzene rings is 2. The second-order valence-corrected chi connectivity index (χ2v) is 9.41. The Balaban J connectivity index is 2.23. The molecule has 0 amide bonds. The largest absolute Gasteiger partial charge is 0.367 e. The minimum Gasteiger partial charge on any atom is -0.367 e. The SMILES string of the molecule is CCCN(CCC)C1=C(S(=O)(=O)Nc2cc(C)ccc2C)C(=O)c2ccccc2C1=O. The van der Waals surface area contributed by atoms with E-state index in [2.05, 4.69) is 4.72 Å². The van der Waals surface area contributed by atoms with E-state index in [9.17, 15) is 18.0 Å². The molecule has 3 rings (SSSR count). The van der Waals surface area contributed by atoms with Gasteiger partial charge in [-0.2, -0.15) is 0 Å². The molecule has 0 radical (unpaired) electrons. The van der Waals surface area contributed by atoms with Crippen molar-refractivity contribution in [2.75, 3.05) is 17.8 Å². The van der Waals surface area contributed by atoms with Gasteiger partial charge in [0.05, 0.1) is 5.69 Å². The van der Waals surface area contributed by atoms with E-state index < -0.39 is 26.5 Å². The number of fused-ring (bicyclic) bond motifs is 1. The quantitative estimate of drug-likeness (QED) is 0.655. The van der Waals surface area contributed by atoms with E-state index >= 15 is 0 Å². The van der Waals surface area contributed by atoms with Crippen molar-refractivity contribution in [2.24, 2.45) is 0 Å². The van der Waals surface area contributed by atoms with Crippen LogP contribution in [-0.4, -0.2) is 38.0 Å². The zero-order valence-corrected chi connectivity index (χ0v) is 19.2. The minimum atomic E-state index is -4.31. The first-order valence-electron chi connectivity index (χ1n) is 10.5. The highest BCUT2D eigenvalue weighted by Crippen LogP contribution is 2.33. The molecule has 0 aromatic heterocycles. The average Bonchev–Trinajstić information content (AvgIpc) is 2.72. The molecule has 1 aliphatic carbocycles. The van der Waals surface area contributed by atoms with Gasteiger partial charge in [-0.05, 0) is 43.9 Å². The molecule has 0 saturated heterocycles. The maximum absolute atomic E-state index is 13.5. The van der Waals surface area contributed by atoms with Crippen LogP contribution in [0.25, 0.3) is 0 Å². The van der Waals surface area contributed by atoms with Crippen molar-refractivity contribution in [1.29, 1.82) is 0 Å². The molecule has 164 valence electrons. The maximum Gasteiger partial charge on any atom is 0.268 e. The number of sulfonamides is 1. The van der Waals surface area contributed by atoms with Gasteiger partial charge in [0.25, 0.3) is 10.0 Å². The van der Waals surface area contributed by atoms with Crippen LogP contribution >= 0.6 is 0 Å². The Kier molecular flexibility index (Phi) is 6.65. The highest BCUT2D eigenvalue weighted by Gasteiger charge is 2.41. The number of aryl methyl sites for hydroxylation is 2. The number of carbonyl (C=O) groups excluding carboxylic acids is 2. The fourth-order valence-electron chi connectivity index (χ4n) is 3.79. The fraction of sp³-hybridized carbons (Fsp3) is 0.333. The van der Waals surface area contributed by atoms with E-state index in [0.717, 1.165) is 11.1 Å². The molecule has 0 bridgehead atoms. The van der Waals surface area contributed by atoms with Crippen LogP contribution in [0.5, 0.6) is 0 Å². The molecule has 0 fully saturated rings. The average molecular weight is 441 g/mol. The van der Waals surface area contributed by atoms with Crippen LogP contribution in [0, 0.1) is 13.8 Å². The van der Waals surface area contributed by atoms with Crippen molar-refractivity contribution in [3.8, 4) is 0 Å². The summed E-state index contributed by atoms with van der Waals surface area (Å²) in [6.45, 7) is 8.51. The van der Waals surface area contributed by atoms with Crippen molar-refractivity contribution in [3.63, 3.8) is 0 Å². The van der Waals surface area contributed by atoms with E-state index in [1.54, 1.807) is 36.1 Å². The number of hydrogen-bond acceptors (Lipinski definition) is 5. The first-order chi connectivity index (χ1) is 14.7. The molecule has 1 aliphatic rings. The van der Waals surface area contributed by atoms with Gasteiger partial charge in [0.2, 0.25) is 11.6 Å². The van der Waals surface area contributed by atoms with Gasteiger partial charge in [-0.25, -0.2) is 8.42 Å². The summed E-state index contributed by atoms with van der Waals surface area (Å²) in [5.41, 5.74) is 2.32. The molecule has 2 aromatic carbocycles. The summed E-state index contributed by atoms with van der Waals surface area (Å²) in [6.07, 6.45) is 1.43. The minimum absolute atomic E-state index is 0.0368. The summed E-state index contributed by atoms with van der Waals surface area (Å²) in [5, 5.41) is 0. The molecule has 6 nitrogen and oxygen atoms in total. The van der Waals surface area contributed by atoms with Crippen molar-refractivity contribution >= 4 is 27.3 Å². The molecule has 31 heavy (non-hydrogen) atoms. The summed E-state index contributed by atoms with van der Waals surface area (Å²) >= 11 is 0. The lowest BCUT2D eigenvalue weighted by Gasteiger charge is -2.31. The van der Waals surface area contributed by atoms with Crippen LogP contribution in [0.1, 0.15) is 58.5 Å². The summed E-state index contributed by atoms with van der Waals surface area (Å²) in [7, 11) is -4.31. The number of allylic oxidation sites excluding steroid dienone is 2. The van der Waals surface area contributed by atoms with Gasteiger partial charge in [0, 0.05) is 24.2 Å². The van der Waals surface area contributed by atoms with E-state index in [1.807, 2.05) is 32.9 Å². The molecule has 2 aromatic rings. The number of Topliss-reactive ketones (excluding diaryl/α,β-unsaturated/α-hetero) is 2. The fourth-order valence-corrected chi connectivity index (χ4v) is 5.23. The molecular weight excluding hydrogens is 412 g/mol. The Morgan fingerprint density at radius 2 is 1.45 bits per heavy atom. The molecule has 0 spiro atoms. The molecular formula is C24H28N2O4S. The van der Waals surface area contributed by atoms with Crippen LogP contribution in [0.15, 0.2) is 53.1 Å².